The molecule has 0 N–H and O–H groups in total. The van der Waals surface area contributed by atoms with Gasteiger partial charge in [-0.15, -0.1) is 0 Å². The third kappa shape index (κ3) is 1.16. The van der Waals surface area contributed by atoms with Crippen LogP contribution in [0.4, 0.5) is 0 Å². The van der Waals surface area contributed by atoms with Crippen molar-refractivity contribution in [3.63, 3.8) is 0 Å². The van der Waals surface area contributed by atoms with Gasteiger partial charge in [-0.3, -0.25) is 0 Å². The Bertz CT molecular complexity index is 422. The van der Waals surface area contributed by atoms with Crippen LogP contribution in [0.25, 0.3) is 0 Å². The van der Waals surface area contributed by atoms with Gasteiger partial charge in [-0.25, -0.2) is 0 Å². The Balaban J connectivity index is 2.26. The first-order chi connectivity index (χ1) is 6.72. The lowest BCUT2D eigenvalue weighted by molar-refractivity contribution is 0.369. The molecule has 0 unspecified atom stereocenters. The van der Waals surface area contributed by atoms with Crippen molar-refractivity contribution >= 4 is 0 Å². The zero-order valence-electron chi connectivity index (χ0n) is 7.69. The van der Waals surface area contributed by atoms with Crippen LogP contribution in [0.15, 0.2) is 24.3 Å². The summed E-state index contributed by atoms with van der Waals surface area (Å²) < 4.78 is 5.11. The summed E-state index contributed by atoms with van der Waals surface area (Å²) in [6.07, 6.45) is -0.377. The van der Waals surface area contributed by atoms with E-state index in [1.165, 1.54) is 0 Å². The van der Waals surface area contributed by atoms with E-state index in [2.05, 4.69) is 0 Å². The van der Waals surface area contributed by atoms with Crippen LogP contribution in [0.3, 0.4) is 0 Å². The standard InChI is InChI=1S/C11H8N2O/c1-8-2-4-9(5-3-8)10-11(6-12,7-13)14-10/h2-5,10H,1H3/t10-/m0/s1. The van der Waals surface area contributed by atoms with E-state index in [-0.39, 0.29) is 6.10 Å². The van der Waals surface area contributed by atoms with E-state index in [4.69, 9.17) is 15.3 Å². The molecule has 0 aliphatic carbocycles. The molecule has 1 aromatic carbocycles. The van der Waals surface area contributed by atoms with Crippen LogP contribution in [0.2, 0.25) is 0 Å². The zero-order chi connectivity index (χ0) is 10.2. The van der Waals surface area contributed by atoms with Gasteiger partial charge in [-0.2, -0.15) is 10.5 Å². The zero-order valence-corrected chi connectivity index (χ0v) is 7.69. The Morgan fingerprint density at radius 1 is 1.21 bits per heavy atom. The molecule has 1 atom stereocenters. The lowest BCUT2D eigenvalue weighted by Crippen LogP contribution is -2.04. The highest BCUT2D eigenvalue weighted by atomic mass is 16.6. The quantitative estimate of drug-likeness (QED) is 0.626. The average Bonchev–Trinajstić information content (AvgIpc) is 2.94. The van der Waals surface area contributed by atoms with Gasteiger partial charge in [0.1, 0.15) is 18.2 Å². The average molecular weight is 184 g/mol. The molecule has 3 nitrogen and oxygen atoms in total. The van der Waals surface area contributed by atoms with Crippen molar-refractivity contribution in [2.24, 2.45) is 0 Å². The van der Waals surface area contributed by atoms with Crippen molar-refractivity contribution < 1.29 is 4.74 Å². The SMILES string of the molecule is Cc1ccc([C@@H]2OC2(C#N)C#N)cc1. The summed E-state index contributed by atoms with van der Waals surface area (Å²) in [4.78, 5) is 0. The first-order valence-corrected chi connectivity index (χ1v) is 4.29. The Morgan fingerprint density at radius 2 is 1.79 bits per heavy atom. The molecule has 2 rings (SSSR count). The van der Waals surface area contributed by atoms with Crippen molar-refractivity contribution in [1.29, 1.82) is 10.5 Å². The molecule has 1 heterocycles. The summed E-state index contributed by atoms with van der Waals surface area (Å²) in [5.41, 5.74) is 0.794. The fourth-order valence-electron chi connectivity index (χ4n) is 1.39. The number of epoxide rings is 1. The second-order valence-electron chi connectivity index (χ2n) is 3.37. The van der Waals surface area contributed by atoms with Gasteiger partial charge in [0.2, 0.25) is 0 Å². The molecule has 1 saturated heterocycles. The predicted molar refractivity (Wildman–Crippen MR) is 49.0 cm³/mol. The lowest BCUT2D eigenvalue weighted by Gasteiger charge is -1.96. The molecule has 68 valence electrons. The second-order valence-corrected chi connectivity index (χ2v) is 3.37. The molecular weight excluding hydrogens is 176 g/mol. The van der Waals surface area contributed by atoms with Gasteiger partial charge >= 0.3 is 0 Å². The van der Waals surface area contributed by atoms with E-state index in [9.17, 15) is 0 Å². The monoisotopic (exact) mass is 184 g/mol. The second kappa shape index (κ2) is 2.83. The normalized spacial score (nSPS) is 22.1. The topological polar surface area (TPSA) is 60.1 Å². The van der Waals surface area contributed by atoms with Gasteiger partial charge in [-0.1, -0.05) is 29.8 Å². The van der Waals surface area contributed by atoms with Crippen molar-refractivity contribution in [1.82, 2.24) is 0 Å². The number of hydrogen-bond acceptors (Lipinski definition) is 3. The Morgan fingerprint density at radius 3 is 2.21 bits per heavy atom. The number of aryl methyl sites for hydroxylation is 1. The minimum atomic E-state index is -1.24. The highest BCUT2D eigenvalue weighted by Gasteiger charge is 2.59. The Hall–Kier alpha value is -1.84. The summed E-state index contributed by atoms with van der Waals surface area (Å²) in [7, 11) is 0. The molecule has 3 heteroatoms. The maximum absolute atomic E-state index is 8.75. The van der Waals surface area contributed by atoms with Gasteiger partial charge < -0.3 is 4.74 Å². The van der Waals surface area contributed by atoms with Crippen LogP contribution in [-0.2, 0) is 4.74 Å². The van der Waals surface area contributed by atoms with Crippen molar-refractivity contribution in [2.45, 2.75) is 18.6 Å². The largest absolute Gasteiger partial charge is 0.332 e. The van der Waals surface area contributed by atoms with Gasteiger partial charge in [-0.05, 0) is 12.5 Å². The third-order valence-electron chi connectivity index (χ3n) is 2.33. The van der Waals surface area contributed by atoms with E-state index in [0.717, 1.165) is 11.1 Å². The highest BCUT2D eigenvalue weighted by molar-refractivity contribution is 5.39. The first-order valence-electron chi connectivity index (χ1n) is 4.29. The maximum atomic E-state index is 8.75. The molecule has 1 aliphatic rings. The fraction of sp³-hybridized carbons (Fsp3) is 0.273. The molecule has 1 aliphatic heterocycles. The van der Waals surface area contributed by atoms with E-state index in [1.807, 2.05) is 43.3 Å². The lowest BCUT2D eigenvalue weighted by atomic mass is 10.0. The number of rotatable bonds is 1. The molecular formula is C11H8N2O. The van der Waals surface area contributed by atoms with Crippen LogP contribution in [0.5, 0.6) is 0 Å². The predicted octanol–water partition coefficient (Wildman–Crippen LogP) is 1.85. The molecule has 1 fully saturated rings. The number of hydrogen-bond donors (Lipinski definition) is 0. The molecule has 0 radical (unpaired) electrons. The molecule has 14 heavy (non-hydrogen) atoms. The van der Waals surface area contributed by atoms with Crippen LogP contribution in [-0.4, -0.2) is 5.60 Å². The van der Waals surface area contributed by atoms with Crippen LogP contribution >= 0.6 is 0 Å². The van der Waals surface area contributed by atoms with Gasteiger partial charge in [0.05, 0.1) is 0 Å². The summed E-state index contributed by atoms with van der Waals surface area (Å²) in [5.74, 6) is 0. The number of nitriles is 2. The summed E-state index contributed by atoms with van der Waals surface area (Å²) in [6.45, 7) is 1.99. The maximum Gasteiger partial charge on any atom is 0.272 e. The van der Waals surface area contributed by atoms with Crippen LogP contribution in [0, 0.1) is 29.6 Å². The van der Waals surface area contributed by atoms with Crippen molar-refractivity contribution in [3.05, 3.63) is 35.4 Å². The Kier molecular flexibility index (Phi) is 1.77. The van der Waals surface area contributed by atoms with E-state index >= 15 is 0 Å². The first kappa shape index (κ1) is 8.74. The van der Waals surface area contributed by atoms with Gasteiger partial charge in [0, 0.05) is 0 Å². The van der Waals surface area contributed by atoms with E-state index in [1.54, 1.807) is 0 Å². The Labute approximate surface area is 82.1 Å². The molecule has 0 spiro atoms. The van der Waals surface area contributed by atoms with Crippen LogP contribution < -0.4 is 0 Å². The minimum absolute atomic E-state index is 0.377. The molecule has 0 bridgehead atoms. The molecule has 0 saturated carbocycles. The molecule has 0 aromatic heterocycles. The van der Waals surface area contributed by atoms with Gasteiger partial charge in [0.25, 0.3) is 5.60 Å². The summed E-state index contributed by atoms with van der Waals surface area (Å²) in [6, 6.07) is 11.4. The number of ether oxygens (including phenoxy) is 1. The van der Waals surface area contributed by atoms with E-state index in [0.29, 0.717) is 0 Å². The van der Waals surface area contributed by atoms with Crippen molar-refractivity contribution in [2.75, 3.05) is 0 Å². The van der Waals surface area contributed by atoms with Crippen LogP contribution in [0.1, 0.15) is 17.2 Å². The van der Waals surface area contributed by atoms with Gasteiger partial charge in [0.15, 0.2) is 0 Å². The fourth-order valence-corrected chi connectivity index (χ4v) is 1.39. The highest BCUT2D eigenvalue weighted by Crippen LogP contribution is 2.48. The van der Waals surface area contributed by atoms with E-state index < -0.39 is 5.60 Å². The molecule has 1 aromatic rings. The summed E-state index contributed by atoms with van der Waals surface area (Å²) in [5, 5.41) is 17.5. The van der Waals surface area contributed by atoms with Crippen molar-refractivity contribution in [3.8, 4) is 12.1 Å². The smallest absolute Gasteiger partial charge is 0.272 e. The third-order valence-corrected chi connectivity index (χ3v) is 2.33. The minimum Gasteiger partial charge on any atom is -0.332 e. The number of nitrogens with zero attached hydrogens (tertiary/aromatic N) is 2. The summed E-state index contributed by atoms with van der Waals surface area (Å²) >= 11 is 0. The molecule has 0 amide bonds. The number of benzene rings is 1.